The van der Waals surface area contributed by atoms with E-state index in [4.69, 9.17) is 20.6 Å². The zero-order valence-electron chi connectivity index (χ0n) is 12.3. The summed E-state index contributed by atoms with van der Waals surface area (Å²) in [5, 5.41) is -0.377. The van der Waals surface area contributed by atoms with Crippen LogP contribution in [0.15, 0.2) is 17.0 Å². The van der Waals surface area contributed by atoms with Gasteiger partial charge in [0.2, 0.25) is 6.79 Å². The summed E-state index contributed by atoms with van der Waals surface area (Å²) >= 11 is 0.852. The van der Waals surface area contributed by atoms with Gasteiger partial charge in [-0.25, -0.2) is 0 Å². The zero-order chi connectivity index (χ0) is 16.4. The number of nitrogens with zero attached hydrogens (tertiary/aromatic N) is 1. The van der Waals surface area contributed by atoms with Gasteiger partial charge < -0.3 is 14.2 Å². The normalized spacial score (nSPS) is 17.7. The van der Waals surface area contributed by atoms with Crippen molar-refractivity contribution in [2.75, 3.05) is 19.9 Å². The molecule has 1 aromatic rings. The van der Waals surface area contributed by atoms with Crippen molar-refractivity contribution in [3.05, 3.63) is 22.6 Å². The second-order valence-corrected chi connectivity index (χ2v) is 5.64. The summed E-state index contributed by atoms with van der Waals surface area (Å²) in [6.45, 7) is 2.42. The highest BCUT2D eigenvalue weighted by atomic mass is 32.2. The highest BCUT2D eigenvalue weighted by Gasteiger charge is 2.34. The van der Waals surface area contributed by atoms with Gasteiger partial charge in [0.1, 0.15) is 5.75 Å². The summed E-state index contributed by atoms with van der Waals surface area (Å²) in [6.07, 6.45) is 6.79. The predicted molar refractivity (Wildman–Crippen MR) is 85.2 cm³/mol. The maximum Gasteiger partial charge on any atom is 0.294 e. The fraction of sp³-hybridized carbons (Fsp3) is 0.250. The molecule has 118 valence electrons. The molecule has 0 atom stereocenters. The van der Waals surface area contributed by atoms with Crippen LogP contribution in [0.25, 0.3) is 6.08 Å². The molecule has 2 heterocycles. The molecular weight excluding hydrogens is 318 g/mol. The monoisotopic (exact) mass is 331 g/mol. The number of hydrogen-bond donors (Lipinski definition) is 0. The van der Waals surface area contributed by atoms with E-state index in [0.717, 1.165) is 16.7 Å². The van der Waals surface area contributed by atoms with Crippen LogP contribution in [0.4, 0.5) is 4.79 Å². The van der Waals surface area contributed by atoms with E-state index in [1.165, 1.54) is 0 Å². The minimum Gasteiger partial charge on any atom is -0.493 e. The quantitative estimate of drug-likeness (QED) is 0.624. The Bertz CT molecular complexity index is 750. The fourth-order valence-corrected chi connectivity index (χ4v) is 3.03. The molecule has 3 rings (SSSR count). The van der Waals surface area contributed by atoms with Crippen molar-refractivity contribution in [3.8, 4) is 29.6 Å². The molecule has 2 aliphatic heterocycles. The van der Waals surface area contributed by atoms with Gasteiger partial charge in [0.05, 0.1) is 18.1 Å². The number of hydrogen-bond acceptors (Lipinski definition) is 6. The largest absolute Gasteiger partial charge is 0.493 e. The van der Waals surface area contributed by atoms with Crippen molar-refractivity contribution in [2.24, 2.45) is 0 Å². The molecule has 23 heavy (non-hydrogen) atoms. The van der Waals surface area contributed by atoms with Crippen LogP contribution >= 0.6 is 11.8 Å². The summed E-state index contributed by atoms with van der Waals surface area (Å²) in [5.41, 5.74) is 0.641. The second-order valence-electron chi connectivity index (χ2n) is 4.65. The molecule has 2 amide bonds. The zero-order valence-corrected chi connectivity index (χ0v) is 13.1. The SMILES string of the molecule is C#CCN1C(=O)S/C(=C\c2cc3c(cc2OCC)OCO3)C1=O. The van der Waals surface area contributed by atoms with E-state index in [0.29, 0.717) is 34.3 Å². The predicted octanol–water partition coefficient (Wildman–Crippen LogP) is 2.48. The highest BCUT2D eigenvalue weighted by molar-refractivity contribution is 8.18. The molecule has 0 aromatic heterocycles. The Morgan fingerprint density at radius 2 is 2.13 bits per heavy atom. The van der Waals surface area contributed by atoms with Gasteiger partial charge in [0.15, 0.2) is 11.5 Å². The number of carbonyl (C=O) groups is 2. The Kier molecular flexibility index (Phi) is 4.17. The number of rotatable bonds is 4. The van der Waals surface area contributed by atoms with Gasteiger partial charge in [-0.15, -0.1) is 6.42 Å². The lowest BCUT2D eigenvalue weighted by Crippen LogP contribution is -2.28. The van der Waals surface area contributed by atoms with Gasteiger partial charge in [-0.2, -0.15) is 0 Å². The average Bonchev–Trinajstić information content (AvgIpc) is 3.08. The molecule has 0 radical (unpaired) electrons. The van der Waals surface area contributed by atoms with Crippen molar-refractivity contribution in [3.63, 3.8) is 0 Å². The first-order valence-corrected chi connectivity index (χ1v) is 7.71. The number of carbonyl (C=O) groups excluding carboxylic acids is 2. The van der Waals surface area contributed by atoms with Gasteiger partial charge in [0.25, 0.3) is 11.1 Å². The number of ether oxygens (including phenoxy) is 3. The number of imide groups is 1. The van der Waals surface area contributed by atoms with Crippen LogP contribution in [0.2, 0.25) is 0 Å². The first-order valence-electron chi connectivity index (χ1n) is 6.89. The van der Waals surface area contributed by atoms with Gasteiger partial charge in [-0.05, 0) is 30.8 Å². The Labute approximate surface area is 137 Å². The van der Waals surface area contributed by atoms with Crippen molar-refractivity contribution in [1.82, 2.24) is 4.90 Å². The lowest BCUT2D eigenvalue weighted by Gasteiger charge is -2.09. The molecule has 6 nitrogen and oxygen atoms in total. The number of thioether (sulfide) groups is 1. The Balaban J connectivity index is 1.97. The summed E-state index contributed by atoms with van der Waals surface area (Å²) < 4.78 is 16.2. The van der Waals surface area contributed by atoms with Gasteiger partial charge in [-0.1, -0.05) is 5.92 Å². The molecule has 0 unspecified atom stereocenters. The first-order chi connectivity index (χ1) is 11.1. The van der Waals surface area contributed by atoms with Gasteiger partial charge in [0, 0.05) is 11.6 Å². The second kappa shape index (κ2) is 6.26. The van der Waals surface area contributed by atoms with Crippen molar-refractivity contribution >= 4 is 29.0 Å². The number of amides is 2. The summed E-state index contributed by atoms with van der Waals surface area (Å²) in [5.74, 6) is 3.62. The van der Waals surface area contributed by atoms with Gasteiger partial charge >= 0.3 is 0 Å². The maximum absolute atomic E-state index is 12.2. The summed E-state index contributed by atoms with van der Waals surface area (Å²) in [6, 6.07) is 3.44. The summed E-state index contributed by atoms with van der Waals surface area (Å²) in [7, 11) is 0. The minimum absolute atomic E-state index is 0.0402. The number of fused-ring (bicyclic) bond motifs is 1. The molecule has 1 aromatic carbocycles. The van der Waals surface area contributed by atoms with Crippen LogP contribution in [0, 0.1) is 12.3 Å². The van der Waals surface area contributed by atoms with Crippen LogP contribution in [0.5, 0.6) is 17.2 Å². The van der Waals surface area contributed by atoms with Crippen LogP contribution in [-0.2, 0) is 4.79 Å². The molecule has 0 bridgehead atoms. The van der Waals surface area contributed by atoms with E-state index >= 15 is 0 Å². The molecule has 1 fully saturated rings. The molecule has 0 spiro atoms. The van der Waals surface area contributed by atoms with Crippen LogP contribution in [0.3, 0.4) is 0 Å². The molecule has 0 aliphatic carbocycles. The van der Waals surface area contributed by atoms with E-state index in [1.54, 1.807) is 18.2 Å². The van der Waals surface area contributed by atoms with Crippen LogP contribution in [0.1, 0.15) is 12.5 Å². The first kappa shape index (κ1) is 15.3. The lowest BCUT2D eigenvalue weighted by molar-refractivity contribution is -0.122. The third kappa shape index (κ3) is 2.85. The Morgan fingerprint density at radius 3 is 2.83 bits per heavy atom. The van der Waals surface area contributed by atoms with Crippen molar-refractivity contribution in [1.29, 1.82) is 0 Å². The van der Waals surface area contributed by atoms with E-state index in [9.17, 15) is 9.59 Å². The van der Waals surface area contributed by atoms with Crippen LogP contribution in [-0.4, -0.2) is 36.0 Å². The minimum atomic E-state index is -0.405. The third-order valence-corrected chi connectivity index (χ3v) is 4.12. The average molecular weight is 331 g/mol. The highest BCUT2D eigenvalue weighted by Crippen LogP contribution is 2.41. The van der Waals surface area contributed by atoms with E-state index < -0.39 is 5.91 Å². The molecule has 2 aliphatic rings. The molecule has 1 saturated heterocycles. The van der Waals surface area contributed by atoms with Gasteiger partial charge in [-0.3, -0.25) is 14.5 Å². The number of terminal acetylenes is 1. The Morgan fingerprint density at radius 1 is 1.39 bits per heavy atom. The topological polar surface area (TPSA) is 65.1 Å². The van der Waals surface area contributed by atoms with Crippen LogP contribution < -0.4 is 14.2 Å². The van der Waals surface area contributed by atoms with E-state index in [2.05, 4.69) is 5.92 Å². The smallest absolute Gasteiger partial charge is 0.294 e. The third-order valence-electron chi connectivity index (χ3n) is 3.21. The Hall–Kier alpha value is -2.59. The standard InChI is InChI=1S/C16H13NO5S/c1-3-5-17-15(18)14(23-16(17)19)7-10-6-12-13(22-9-21-12)8-11(10)20-4-2/h1,6-8H,4-5,9H2,2H3/b14-7-. The molecule has 7 heteroatoms. The molecule has 0 N–H and O–H groups in total. The maximum atomic E-state index is 12.2. The number of benzene rings is 1. The summed E-state index contributed by atoms with van der Waals surface area (Å²) in [4.78, 5) is 25.4. The van der Waals surface area contributed by atoms with E-state index in [-0.39, 0.29) is 18.6 Å². The van der Waals surface area contributed by atoms with Crippen molar-refractivity contribution in [2.45, 2.75) is 6.92 Å². The van der Waals surface area contributed by atoms with Crippen molar-refractivity contribution < 1.29 is 23.8 Å². The molecule has 0 saturated carbocycles. The fourth-order valence-electron chi connectivity index (χ4n) is 2.20. The lowest BCUT2D eigenvalue weighted by atomic mass is 10.1. The molecular formula is C16H13NO5S. The van der Waals surface area contributed by atoms with E-state index in [1.807, 2.05) is 6.92 Å².